The second kappa shape index (κ2) is 14.5. The Bertz CT molecular complexity index is 316. The van der Waals surface area contributed by atoms with Crippen LogP contribution in [0.3, 0.4) is 0 Å². The molecule has 0 spiro atoms. The van der Waals surface area contributed by atoms with Crippen LogP contribution < -0.4 is 0 Å². The molecule has 0 aliphatic rings. The van der Waals surface area contributed by atoms with Gasteiger partial charge in [0, 0.05) is 6.42 Å². The maximum atomic E-state index is 8.80. The summed E-state index contributed by atoms with van der Waals surface area (Å²) >= 11 is 0. The lowest BCUT2D eigenvalue weighted by Gasteiger charge is -2.04. The average Bonchev–Trinajstić information content (AvgIpc) is 2.43. The monoisotopic (exact) mass is 259 g/mol. The van der Waals surface area contributed by atoms with Crippen LogP contribution in [0, 0.1) is 39.9 Å². The molecule has 1 unspecified atom stereocenters. The van der Waals surface area contributed by atoms with Gasteiger partial charge in [0.25, 0.3) is 0 Å². The third-order valence-electron chi connectivity index (χ3n) is 3.36. The van der Waals surface area contributed by atoms with Gasteiger partial charge in [-0.2, -0.15) is 15.8 Å². The van der Waals surface area contributed by atoms with Crippen LogP contribution in [0.2, 0.25) is 0 Å². The molecular formula is C16H25N3. The molecule has 0 saturated carbocycles. The van der Waals surface area contributed by atoms with Crippen molar-refractivity contribution in [1.29, 1.82) is 15.8 Å². The van der Waals surface area contributed by atoms with Crippen molar-refractivity contribution in [2.24, 2.45) is 5.92 Å². The Morgan fingerprint density at radius 3 is 1.63 bits per heavy atom. The van der Waals surface area contributed by atoms with Gasteiger partial charge >= 0.3 is 0 Å². The van der Waals surface area contributed by atoms with Gasteiger partial charge in [-0.1, -0.05) is 51.4 Å². The molecule has 104 valence electrons. The summed E-state index contributed by atoms with van der Waals surface area (Å²) in [5, 5.41) is 25.7. The quantitative estimate of drug-likeness (QED) is 0.470. The van der Waals surface area contributed by atoms with Gasteiger partial charge in [0.2, 0.25) is 0 Å². The van der Waals surface area contributed by atoms with Crippen LogP contribution in [-0.2, 0) is 0 Å². The molecule has 0 aliphatic carbocycles. The van der Waals surface area contributed by atoms with Crippen molar-refractivity contribution in [2.45, 2.75) is 77.0 Å². The highest BCUT2D eigenvalue weighted by Gasteiger charge is 2.05. The third-order valence-corrected chi connectivity index (χ3v) is 3.36. The van der Waals surface area contributed by atoms with Gasteiger partial charge in [0.05, 0.1) is 30.5 Å². The van der Waals surface area contributed by atoms with E-state index in [4.69, 9.17) is 15.8 Å². The number of rotatable bonds is 12. The molecule has 0 aliphatic heterocycles. The van der Waals surface area contributed by atoms with Crippen LogP contribution >= 0.6 is 0 Å². The maximum Gasteiger partial charge on any atom is 0.0666 e. The molecule has 0 heterocycles. The minimum absolute atomic E-state index is 0.0647. The second-order valence-electron chi connectivity index (χ2n) is 5.07. The maximum absolute atomic E-state index is 8.80. The highest BCUT2D eigenvalue weighted by atomic mass is 14.3. The normalized spacial score (nSPS) is 11.2. The van der Waals surface area contributed by atoms with Gasteiger partial charge in [-0.15, -0.1) is 0 Å². The predicted molar refractivity (Wildman–Crippen MR) is 75.7 cm³/mol. The lowest BCUT2D eigenvalue weighted by molar-refractivity contribution is 0.519. The molecule has 0 radical (unpaired) electrons. The highest BCUT2D eigenvalue weighted by Crippen LogP contribution is 2.15. The summed E-state index contributed by atoms with van der Waals surface area (Å²) in [6.45, 7) is 0. The van der Waals surface area contributed by atoms with E-state index in [9.17, 15) is 0 Å². The molecule has 0 aromatic rings. The SMILES string of the molecule is N#CCCCCCCCCCCCC(C#N)CC#N. The van der Waals surface area contributed by atoms with E-state index in [1.165, 1.54) is 44.9 Å². The Balaban J connectivity index is 3.17. The fourth-order valence-corrected chi connectivity index (χ4v) is 2.15. The molecule has 0 rings (SSSR count). The average molecular weight is 259 g/mol. The number of unbranched alkanes of at least 4 members (excludes halogenated alkanes) is 9. The van der Waals surface area contributed by atoms with Crippen molar-refractivity contribution in [3.05, 3.63) is 0 Å². The molecule has 1 atom stereocenters. The van der Waals surface area contributed by atoms with Crippen LogP contribution in [-0.4, -0.2) is 0 Å². The molecule has 0 amide bonds. The Morgan fingerprint density at radius 1 is 0.632 bits per heavy atom. The lowest BCUT2D eigenvalue weighted by Crippen LogP contribution is -1.95. The van der Waals surface area contributed by atoms with Gasteiger partial charge in [0.15, 0.2) is 0 Å². The zero-order chi connectivity index (χ0) is 14.2. The van der Waals surface area contributed by atoms with Gasteiger partial charge < -0.3 is 0 Å². The van der Waals surface area contributed by atoms with E-state index in [1.807, 2.05) is 0 Å². The molecule has 0 aromatic heterocycles. The summed E-state index contributed by atoms with van der Waals surface area (Å²) in [5.74, 6) is -0.0647. The van der Waals surface area contributed by atoms with Crippen LogP contribution in [0.4, 0.5) is 0 Å². The molecule has 19 heavy (non-hydrogen) atoms. The number of hydrogen-bond acceptors (Lipinski definition) is 3. The van der Waals surface area contributed by atoms with Gasteiger partial charge in [-0.3, -0.25) is 0 Å². The fraction of sp³-hybridized carbons (Fsp3) is 0.812. The van der Waals surface area contributed by atoms with E-state index in [0.717, 1.165) is 19.3 Å². The lowest BCUT2D eigenvalue weighted by atomic mass is 9.99. The van der Waals surface area contributed by atoms with E-state index in [-0.39, 0.29) is 5.92 Å². The van der Waals surface area contributed by atoms with Crippen molar-refractivity contribution in [1.82, 2.24) is 0 Å². The third kappa shape index (κ3) is 12.7. The summed E-state index contributed by atoms with van der Waals surface area (Å²) in [6.07, 6.45) is 12.8. The van der Waals surface area contributed by atoms with Gasteiger partial charge in [-0.25, -0.2) is 0 Å². The van der Waals surface area contributed by atoms with E-state index in [1.54, 1.807) is 0 Å². The second-order valence-corrected chi connectivity index (χ2v) is 5.07. The number of hydrogen-bond donors (Lipinski definition) is 0. The Kier molecular flexibility index (Phi) is 13.4. The zero-order valence-corrected chi connectivity index (χ0v) is 11.9. The smallest absolute Gasteiger partial charge is 0.0666 e. The van der Waals surface area contributed by atoms with Crippen LogP contribution in [0.25, 0.3) is 0 Å². The first kappa shape index (κ1) is 17.5. The van der Waals surface area contributed by atoms with Gasteiger partial charge in [0.1, 0.15) is 0 Å². The molecular weight excluding hydrogens is 234 g/mol. The van der Waals surface area contributed by atoms with Crippen molar-refractivity contribution in [3.63, 3.8) is 0 Å². The number of nitriles is 3. The molecule has 0 aromatic carbocycles. The van der Waals surface area contributed by atoms with Crippen molar-refractivity contribution < 1.29 is 0 Å². The summed E-state index contributed by atoms with van der Waals surface area (Å²) < 4.78 is 0. The Hall–Kier alpha value is -1.53. The predicted octanol–water partition coefficient (Wildman–Crippen LogP) is 4.85. The van der Waals surface area contributed by atoms with E-state index < -0.39 is 0 Å². The van der Waals surface area contributed by atoms with Gasteiger partial charge in [-0.05, 0) is 12.8 Å². The van der Waals surface area contributed by atoms with Crippen molar-refractivity contribution in [2.75, 3.05) is 0 Å². The summed E-state index contributed by atoms with van der Waals surface area (Å²) in [7, 11) is 0. The van der Waals surface area contributed by atoms with E-state index >= 15 is 0 Å². The van der Waals surface area contributed by atoms with Crippen LogP contribution in [0.5, 0.6) is 0 Å². The minimum Gasteiger partial charge on any atom is -0.198 e. The van der Waals surface area contributed by atoms with E-state index in [0.29, 0.717) is 12.8 Å². The largest absolute Gasteiger partial charge is 0.198 e. The summed E-state index contributed by atoms with van der Waals surface area (Å²) in [6, 6.07) is 6.43. The topological polar surface area (TPSA) is 71.4 Å². The summed E-state index contributed by atoms with van der Waals surface area (Å²) in [5.41, 5.74) is 0. The van der Waals surface area contributed by atoms with Crippen molar-refractivity contribution >= 4 is 0 Å². The number of nitrogens with zero attached hydrogens (tertiary/aromatic N) is 3. The van der Waals surface area contributed by atoms with Crippen LogP contribution in [0.15, 0.2) is 0 Å². The summed E-state index contributed by atoms with van der Waals surface area (Å²) in [4.78, 5) is 0. The first-order valence-corrected chi connectivity index (χ1v) is 7.48. The molecule has 0 N–H and O–H groups in total. The Labute approximate surface area is 117 Å². The molecule has 0 bridgehead atoms. The first-order valence-electron chi connectivity index (χ1n) is 7.48. The van der Waals surface area contributed by atoms with E-state index in [2.05, 4.69) is 18.2 Å². The molecule has 3 nitrogen and oxygen atoms in total. The molecule has 0 saturated heterocycles. The highest BCUT2D eigenvalue weighted by molar-refractivity contribution is 4.89. The minimum atomic E-state index is -0.0647. The zero-order valence-electron chi connectivity index (χ0n) is 11.9. The first-order chi connectivity index (χ1) is 9.35. The standard InChI is InChI=1S/C16H25N3/c17-13-10-8-6-4-2-1-3-5-7-9-11-16(15-19)12-14-18/h16H,1-12H2. The molecule has 3 heteroatoms. The Morgan fingerprint density at radius 2 is 1.16 bits per heavy atom. The van der Waals surface area contributed by atoms with Crippen molar-refractivity contribution in [3.8, 4) is 18.2 Å². The molecule has 0 fully saturated rings. The van der Waals surface area contributed by atoms with Crippen LogP contribution in [0.1, 0.15) is 77.0 Å². The fourth-order valence-electron chi connectivity index (χ4n) is 2.15.